The van der Waals surface area contributed by atoms with Crippen LogP contribution in [0.15, 0.2) is 22.7 Å². The van der Waals surface area contributed by atoms with Gasteiger partial charge in [0, 0.05) is 12.5 Å². The first kappa shape index (κ1) is 13.2. The van der Waals surface area contributed by atoms with Crippen LogP contribution >= 0.6 is 0 Å². The lowest BCUT2D eigenvalue weighted by Crippen LogP contribution is -2.33. The standard InChI is InChI=1S/C14H15F2N3O/c1-14(3-2-4-17-14)13-18-12(19-20-13)7-9-5-10(15)8-11(16)6-9/h5-6,8,17H,2-4,7H2,1H3. The summed E-state index contributed by atoms with van der Waals surface area (Å²) in [5.41, 5.74) is 0.192. The van der Waals surface area contributed by atoms with E-state index < -0.39 is 11.6 Å². The zero-order chi connectivity index (χ0) is 14.2. The Hall–Kier alpha value is -1.82. The number of hydrogen-bond acceptors (Lipinski definition) is 4. The first-order valence-electron chi connectivity index (χ1n) is 6.58. The molecule has 3 rings (SSSR count). The second kappa shape index (κ2) is 4.94. The van der Waals surface area contributed by atoms with Crippen LogP contribution in [0, 0.1) is 11.6 Å². The normalized spacial score (nSPS) is 22.4. The molecule has 0 spiro atoms. The van der Waals surface area contributed by atoms with Crippen LogP contribution in [0.2, 0.25) is 0 Å². The van der Waals surface area contributed by atoms with Crippen molar-refractivity contribution in [2.45, 2.75) is 31.7 Å². The van der Waals surface area contributed by atoms with Crippen LogP contribution in [-0.4, -0.2) is 16.7 Å². The minimum atomic E-state index is -0.604. The predicted octanol–water partition coefficient (Wildman–Crippen LogP) is 2.54. The summed E-state index contributed by atoms with van der Waals surface area (Å²) in [6.07, 6.45) is 2.24. The third kappa shape index (κ3) is 2.56. The van der Waals surface area contributed by atoms with E-state index in [1.807, 2.05) is 6.92 Å². The fourth-order valence-electron chi connectivity index (χ4n) is 2.52. The minimum absolute atomic E-state index is 0.244. The van der Waals surface area contributed by atoms with Gasteiger partial charge in [-0.3, -0.25) is 0 Å². The van der Waals surface area contributed by atoms with Gasteiger partial charge in [-0.05, 0) is 44.0 Å². The third-order valence-corrected chi connectivity index (χ3v) is 3.59. The number of halogens is 2. The molecule has 1 aromatic heterocycles. The lowest BCUT2D eigenvalue weighted by molar-refractivity contribution is 0.274. The van der Waals surface area contributed by atoms with Crippen molar-refractivity contribution in [1.29, 1.82) is 0 Å². The molecule has 0 radical (unpaired) electrons. The van der Waals surface area contributed by atoms with Crippen molar-refractivity contribution in [1.82, 2.24) is 15.5 Å². The number of aromatic nitrogens is 2. The summed E-state index contributed by atoms with van der Waals surface area (Å²) in [4.78, 5) is 4.33. The molecule has 1 saturated heterocycles. The summed E-state index contributed by atoms with van der Waals surface area (Å²) >= 11 is 0. The summed E-state index contributed by atoms with van der Waals surface area (Å²) in [6.45, 7) is 2.93. The molecule has 1 aliphatic heterocycles. The van der Waals surface area contributed by atoms with Crippen molar-refractivity contribution in [2.75, 3.05) is 6.54 Å². The molecule has 1 atom stereocenters. The Kier molecular flexibility index (Phi) is 3.25. The molecule has 20 heavy (non-hydrogen) atoms. The quantitative estimate of drug-likeness (QED) is 0.938. The maximum absolute atomic E-state index is 13.1. The highest BCUT2D eigenvalue weighted by Gasteiger charge is 2.35. The Morgan fingerprint density at radius 2 is 2.05 bits per heavy atom. The number of rotatable bonds is 3. The van der Waals surface area contributed by atoms with E-state index in [0.29, 0.717) is 17.3 Å². The van der Waals surface area contributed by atoms with Crippen molar-refractivity contribution in [3.05, 3.63) is 47.1 Å². The molecule has 2 heterocycles. The van der Waals surface area contributed by atoms with E-state index in [4.69, 9.17) is 4.52 Å². The average molecular weight is 279 g/mol. The van der Waals surface area contributed by atoms with Crippen molar-refractivity contribution < 1.29 is 13.3 Å². The molecule has 1 fully saturated rings. The van der Waals surface area contributed by atoms with Crippen molar-refractivity contribution >= 4 is 0 Å². The third-order valence-electron chi connectivity index (χ3n) is 3.59. The minimum Gasteiger partial charge on any atom is -0.337 e. The SMILES string of the molecule is CC1(c2nc(Cc3cc(F)cc(F)c3)no2)CCCN1. The van der Waals surface area contributed by atoms with Gasteiger partial charge in [0.25, 0.3) is 0 Å². The highest BCUT2D eigenvalue weighted by Crippen LogP contribution is 2.29. The van der Waals surface area contributed by atoms with Crippen LogP contribution in [0.25, 0.3) is 0 Å². The zero-order valence-corrected chi connectivity index (χ0v) is 11.1. The summed E-state index contributed by atoms with van der Waals surface area (Å²) < 4.78 is 31.5. The van der Waals surface area contributed by atoms with Crippen LogP contribution in [0.5, 0.6) is 0 Å². The molecule has 4 nitrogen and oxygen atoms in total. The average Bonchev–Trinajstić information content (AvgIpc) is 2.98. The van der Waals surface area contributed by atoms with E-state index in [9.17, 15) is 8.78 Å². The van der Waals surface area contributed by atoms with Gasteiger partial charge < -0.3 is 9.84 Å². The number of nitrogens with one attached hydrogen (secondary N) is 1. The van der Waals surface area contributed by atoms with Gasteiger partial charge in [-0.15, -0.1) is 0 Å². The Morgan fingerprint density at radius 1 is 1.30 bits per heavy atom. The van der Waals surface area contributed by atoms with E-state index in [2.05, 4.69) is 15.5 Å². The van der Waals surface area contributed by atoms with Gasteiger partial charge in [0.05, 0.1) is 5.54 Å². The Morgan fingerprint density at radius 3 is 2.70 bits per heavy atom. The molecule has 1 unspecified atom stereocenters. The van der Waals surface area contributed by atoms with Gasteiger partial charge >= 0.3 is 0 Å². The van der Waals surface area contributed by atoms with Gasteiger partial charge in [0.1, 0.15) is 11.6 Å². The van der Waals surface area contributed by atoms with Gasteiger partial charge in [0.15, 0.2) is 5.82 Å². The van der Waals surface area contributed by atoms with Crippen molar-refractivity contribution in [2.24, 2.45) is 0 Å². The monoisotopic (exact) mass is 279 g/mol. The van der Waals surface area contributed by atoms with E-state index >= 15 is 0 Å². The van der Waals surface area contributed by atoms with Gasteiger partial charge in [-0.1, -0.05) is 5.16 Å². The Balaban J connectivity index is 1.80. The highest BCUT2D eigenvalue weighted by atomic mass is 19.1. The van der Waals surface area contributed by atoms with Crippen LogP contribution < -0.4 is 5.32 Å². The maximum Gasteiger partial charge on any atom is 0.246 e. The summed E-state index contributed by atoms with van der Waals surface area (Å²) in [7, 11) is 0. The summed E-state index contributed by atoms with van der Waals surface area (Å²) in [5, 5.41) is 7.22. The molecule has 0 bridgehead atoms. The van der Waals surface area contributed by atoms with Crippen LogP contribution in [0.1, 0.15) is 37.0 Å². The van der Waals surface area contributed by atoms with Crippen LogP contribution in [0.4, 0.5) is 8.78 Å². The molecule has 0 saturated carbocycles. The molecule has 2 aromatic rings. The fourth-order valence-corrected chi connectivity index (χ4v) is 2.52. The van der Waals surface area contributed by atoms with Gasteiger partial charge in [-0.2, -0.15) is 4.98 Å². The molecular formula is C14H15F2N3O. The fraction of sp³-hybridized carbons (Fsp3) is 0.429. The van der Waals surface area contributed by atoms with Crippen LogP contribution in [-0.2, 0) is 12.0 Å². The first-order valence-corrected chi connectivity index (χ1v) is 6.58. The topological polar surface area (TPSA) is 51.0 Å². The lowest BCUT2D eigenvalue weighted by atomic mass is 10.0. The van der Waals surface area contributed by atoms with Gasteiger partial charge in [0.2, 0.25) is 5.89 Å². The van der Waals surface area contributed by atoms with Crippen LogP contribution in [0.3, 0.4) is 0 Å². The molecular weight excluding hydrogens is 264 g/mol. The van der Waals surface area contributed by atoms with E-state index in [1.54, 1.807) is 0 Å². The maximum atomic E-state index is 13.1. The predicted molar refractivity (Wildman–Crippen MR) is 68.1 cm³/mol. The molecule has 1 aromatic carbocycles. The number of benzene rings is 1. The van der Waals surface area contributed by atoms with Crippen molar-refractivity contribution in [3.63, 3.8) is 0 Å². The number of hydrogen-bond donors (Lipinski definition) is 1. The smallest absolute Gasteiger partial charge is 0.246 e. The number of nitrogens with zero attached hydrogens (tertiary/aromatic N) is 2. The molecule has 106 valence electrons. The Labute approximate surface area is 115 Å². The second-order valence-electron chi connectivity index (χ2n) is 5.33. The zero-order valence-electron chi connectivity index (χ0n) is 11.1. The molecule has 6 heteroatoms. The molecule has 1 N–H and O–H groups in total. The largest absolute Gasteiger partial charge is 0.337 e. The molecule has 0 aliphatic carbocycles. The first-order chi connectivity index (χ1) is 9.55. The summed E-state index contributed by atoms with van der Waals surface area (Å²) in [5.74, 6) is -0.247. The molecule has 0 amide bonds. The lowest BCUT2D eigenvalue weighted by Gasteiger charge is -2.18. The van der Waals surface area contributed by atoms with E-state index in [0.717, 1.165) is 25.5 Å². The molecule has 1 aliphatic rings. The van der Waals surface area contributed by atoms with E-state index in [-0.39, 0.29) is 12.0 Å². The van der Waals surface area contributed by atoms with E-state index in [1.165, 1.54) is 12.1 Å². The Bertz CT molecular complexity index is 600. The second-order valence-corrected chi connectivity index (χ2v) is 5.33. The highest BCUT2D eigenvalue weighted by molar-refractivity contribution is 5.21. The summed E-state index contributed by atoms with van der Waals surface area (Å²) in [6, 6.07) is 3.39. The van der Waals surface area contributed by atoms with Gasteiger partial charge in [-0.25, -0.2) is 8.78 Å². The van der Waals surface area contributed by atoms with Crippen molar-refractivity contribution in [3.8, 4) is 0 Å².